The summed E-state index contributed by atoms with van der Waals surface area (Å²) in [5.41, 5.74) is 2.60. The molecule has 0 saturated carbocycles. The van der Waals surface area contributed by atoms with Gasteiger partial charge in [-0.3, -0.25) is 25.0 Å². The third kappa shape index (κ3) is 4.03. The Morgan fingerprint density at radius 3 is 2.67 bits per heavy atom. The summed E-state index contributed by atoms with van der Waals surface area (Å²) in [4.78, 5) is 50.0. The first kappa shape index (κ1) is 19.6. The molecule has 1 fully saturated rings. The standard InChI is InChI=1S/C22H21N3O5/c26-19-10-9-18(20(27)24-19)25-13-16-15(21(25)28)7-4-8-17(16)23-22(29)30-12-11-14-5-2-1-3-6-14/h1-8,18H,9-13H2,(H,23,29)(H,24,26,27). The number of fused-ring (bicyclic) bond motifs is 1. The van der Waals surface area contributed by atoms with Gasteiger partial charge < -0.3 is 9.64 Å². The predicted octanol–water partition coefficient (Wildman–Crippen LogP) is 2.24. The summed E-state index contributed by atoms with van der Waals surface area (Å²) in [7, 11) is 0. The molecule has 8 nitrogen and oxygen atoms in total. The summed E-state index contributed by atoms with van der Waals surface area (Å²) >= 11 is 0. The first-order valence-electron chi connectivity index (χ1n) is 9.77. The second kappa shape index (κ2) is 8.36. The molecule has 0 aromatic heterocycles. The maximum Gasteiger partial charge on any atom is 0.411 e. The summed E-state index contributed by atoms with van der Waals surface area (Å²) in [6, 6.07) is 14.0. The second-order valence-electron chi connectivity index (χ2n) is 7.23. The monoisotopic (exact) mass is 407 g/mol. The molecule has 2 aromatic rings. The molecule has 30 heavy (non-hydrogen) atoms. The van der Waals surface area contributed by atoms with Crippen molar-refractivity contribution in [1.82, 2.24) is 10.2 Å². The average Bonchev–Trinajstić information content (AvgIpc) is 3.06. The summed E-state index contributed by atoms with van der Waals surface area (Å²) in [6.45, 7) is 0.410. The van der Waals surface area contributed by atoms with Crippen molar-refractivity contribution in [1.29, 1.82) is 0 Å². The zero-order valence-corrected chi connectivity index (χ0v) is 16.2. The number of carbonyl (C=O) groups excluding carboxylic acids is 4. The highest BCUT2D eigenvalue weighted by Gasteiger charge is 2.39. The number of rotatable bonds is 5. The van der Waals surface area contributed by atoms with Gasteiger partial charge in [0.15, 0.2) is 0 Å². The Labute approximate surface area is 173 Å². The lowest BCUT2D eigenvalue weighted by Crippen LogP contribution is -2.52. The van der Waals surface area contributed by atoms with Gasteiger partial charge in [0.1, 0.15) is 6.04 Å². The average molecular weight is 407 g/mol. The van der Waals surface area contributed by atoms with Crippen molar-refractivity contribution in [3.05, 3.63) is 65.2 Å². The van der Waals surface area contributed by atoms with E-state index in [1.54, 1.807) is 18.2 Å². The van der Waals surface area contributed by atoms with Crippen LogP contribution in [0.25, 0.3) is 0 Å². The van der Waals surface area contributed by atoms with E-state index in [4.69, 9.17) is 4.74 Å². The van der Waals surface area contributed by atoms with Crippen LogP contribution in [0.4, 0.5) is 10.5 Å². The number of hydrogen-bond donors (Lipinski definition) is 2. The molecule has 1 unspecified atom stereocenters. The van der Waals surface area contributed by atoms with Crippen LogP contribution in [-0.2, 0) is 27.3 Å². The number of nitrogens with zero attached hydrogens (tertiary/aromatic N) is 1. The minimum absolute atomic E-state index is 0.181. The Balaban J connectivity index is 1.40. The number of carbonyl (C=O) groups is 4. The molecule has 1 atom stereocenters. The highest BCUT2D eigenvalue weighted by atomic mass is 16.5. The fourth-order valence-corrected chi connectivity index (χ4v) is 3.76. The SMILES string of the molecule is O=C1CCC(N2Cc3c(NC(=O)OCCc4ccccc4)cccc3C2=O)C(=O)N1. The Kier molecular flexibility index (Phi) is 5.47. The van der Waals surface area contributed by atoms with Gasteiger partial charge in [-0.1, -0.05) is 36.4 Å². The maximum absolute atomic E-state index is 12.8. The number of nitrogens with one attached hydrogen (secondary N) is 2. The molecule has 2 N–H and O–H groups in total. The summed E-state index contributed by atoms with van der Waals surface area (Å²) in [5.74, 6) is -1.09. The number of piperidine rings is 1. The van der Waals surface area contributed by atoms with Crippen LogP contribution in [0.15, 0.2) is 48.5 Å². The largest absolute Gasteiger partial charge is 0.449 e. The van der Waals surface area contributed by atoms with E-state index >= 15 is 0 Å². The third-order valence-corrected chi connectivity index (χ3v) is 5.29. The van der Waals surface area contributed by atoms with Crippen molar-refractivity contribution in [3.63, 3.8) is 0 Å². The molecule has 0 spiro atoms. The maximum atomic E-state index is 12.8. The minimum atomic E-state index is -0.701. The van der Waals surface area contributed by atoms with Gasteiger partial charge in [-0.25, -0.2) is 4.79 Å². The van der Waals surface area contributed by atoms with E-state index in [1.807, 2.05) is 30.3 Å². The summed E-state index contributed by atoms with van der Waals surface area (Å²) < 4.78 is 5.26. The Morgan fingerprint density at radius 1 is 1.10 bits per heavy atom. The second-order valence-corrected chi connectivity index (χ2v) is 7.23. The van der Waals surface area contributed by atoms with E-state index in [0.717, 1.165) is 5.56 Å². The van der Waals surface area contributed by atoms with Crippen LogP contribution in [0.3, 0.4) is 0 Å². The smallest absolute Gasteiger partial charge is 0.411 e. The van der Waals surface area contributed by atoms with E-state index in [-0.39, 0.29) is 37.8 Å². The van der Waals surface area contributed by atoms with Crippen molar-refractivity contribution in [3.8, 4) is 0 Å². The molecule has 8 heteroatoms. The van der Waals surface area contributed by atoms with Crippen LogP contribution in [0, 0.1) is 0 Å². The molecule has 0 bridgehead atoms. The quantitative estimate of drug-likeness (QED) is 0.740. The molecule has 1 saturated heterocycles. The number of hydrogen-bond acceptors (Lipinski definition) is 5. The van der Waals surface area contributed by atoms with Crippen LogP contribution in [-0.4, -0.2) is 41.4 Å². The lowest BCUT2D eigenvalue weighted by atomic mass is 10.0. The summed E-state index contributed by atoms with van der Waals surface area (Å²) in [6.07, 6.45) is 0.471. The van der Waals surface area contributed by atoms with E-state index in [0.29, 0.717) is 23.2 Å². The van der Waals surface area contributed by atoms with Gasteiger partial charge in [-0.05, 0) is 24.1 Å². The van der Waals surface area contributed by atoms with Crippen molar-refractivity contribution < 1.29 is 23.9 Å². The molecule has 2 aromatic carbocycles. The van der Waals surface area contributed by atoms with Gasteiger partial charge >= 0.3 is 6.09 Å². The van der Waals surface area contributed by atoms with Crippen LogP contribution < -0.4 is 10.6 Å². The molecular weight excluding hydrogens is 386 g/mol. The Bertz CT molecular complexity index is 1010. The van der Waals surface area contributed by atoms with Gasteiger partial charge in [0.2, 0.25) is 11.8 Å². The van der Waals surface area contributed by atoms with Gasteiger partial charge in [0, 0.05) is 36.2 Å². The predicted molar refractivity (Wildman–Crippen MR) is 108 cm³/mol. The van der Waals surface area contributed by atoms with Crippen LogP contribution in [0.5, 0.6) is 0 Å². The molecule has 4 amide bonds. The number of imide groups is 1. The van der Waals surface area contributed by atoms with Crippen LogP contribution in [0.2, 0.25) is 0 Å². The summed E-state index contributed by atoms with van der Waals surface area (Å²) in [5, 5.41) is 4.97. The molecule has 0 aliphatic carbocycles. The van der Waals surface area contributed by atoms with E-state index in [9.17, 15) is 19.2 Å². The third-order valence-electron chi connectivity index (χ3n) is 5.29. The van der Waals surface area contributed by atoms with Crippen molar-refractivity contribution in [2.24, 2.45) is 0 Å². The lowest BCUT2D eigenvalue weighted by molar-refractivity contribution is -0.136. The van der Waals surface area contributed by atoms with E-state index in [2.05, 4.69) is 10.6 Å². The van der Waals surface area contributed by atoms with Crippen molar-refractivity contribution in [2.75, 3.05) is 11.9 Å². The normalized spacial score (nSPS) is 18.1. The molecule has 2 heterocycles. The van der Waals surface area contributed by atoms with Crippen LogP contribution in [0.1, 0.15) is 34.3 Å². The molecule has 2 aliphatic heterocycles. The van der Waals surface area contributed by atoms with Gasteiger partial charge in [0.05, 0.1) is 6.61 Å². The Morgan fingerprint density at radius 2 is 1.90 bits per heavy atom. The highest BCUT2D eigenvalue weighted by molar-refractivity contribution is 6.06. The zero-order valence-electron chi connectivity index (χ0n) is 16.2. The van der Waals surface area contributed by atoms with Crippen molar-refractivity contribution in [2.45, 2.75) is 31.8 Å². The van der Waals surface area contributed by atoms with Gasteiger partial charge in [-0.2, -0.15) is 0 Å². The van der Waals surface area contributed by atoms with Crippen molar-refractivity contribution >= 4 is 29.5 Å². The lowest BCUT2D eigenvalue weighted by Gasteiger charge is -2.29. The number of anilines is 1. The Hall–Kier alpha value is -3.68. The van der Waals surface area contributed by atoms with Crippen LogP contribution >= 0.6 is 0 Å². The van der Waals surface area contributed by atoms with Gasteiger partial charge in [-0.15, -0.1) is 0 Å². The minimum Gasteiger partial charge on any atom is -0.449 e. The fourth-order valence-electron chi connectivity index (χ4n) is 3.76. The first-order valence-corrected chi connectivity index (χ1v) is 9.77. The molecule has 0 radical (unpaired) electrons. The van der Waals surface area contributed by atoms with Gasteiger partial charge in [0.25, 0.3) is 5.91 Å². The number of ether oxygens (including phenoxy) is 1. The number of benzene rings is 2. The van der Waals surface area contributed by atoms with E-state index < -0.39 is 18.0 Å². The molecular formula is C22H21N3O5. The fraction of sp³-hybridized carbons (Fsp3) is 0.273. The molecule has 2 aliphatic rings. The zero-order chi connectivity index (χ0) is 21.1. The molecule has 154 valence electrons. The number of amides is 4. The topological polar surface area (TPSA) is 105 Å². The van der Waals surface area contributed by atoms with E-state index in [1.165, 1.54) is 4.90 Å². The first-order chi connectivity index (χ1) is 14.5. The highest BCUT2D eigenvalue weighted by Crippen LogP contribution is 2.32. The molecule has 4 rings (SSSR count).